The highest BCUT2D eigenvalue weighted by molar-refractivity contribution is 5.69. The summed E-state index contributed by atoms with van der Waals surface area (Å²) in [6.07, 6.45) is 0. The molecule has 1 heterocycles. The fourth-order valence-corrected chi connectivity index (χ4v) is 2.86. The Morgan fingerprint density at radius 1 is 1.07 bits per heavy atom. The van der Waals surface area contributed by atoms with Gasteiger partial charge in [-0.15, -0.1) is 0 Å². The standard InChI is InChI=1S/C20H19N3O4/c1-14-20(23(25)26)15(2)22(21-14)12-19(24)27-13-16-8-10-18(11-9-16)17-6-4-3-5-7-17/h3-11H,12-13H2,1-2H3. The largest absolute Gasteiger partial charge is 0.459 e. The highest BCUT2D eigenvalue weighted by Crippen LogP contribution is 2.22. The van der Waals surface area contributed by atoms with Gasteiger partial charge in [-0.1, -0.05) is 54.6 Å². The van der Waals surface area contributed by atoms with Gasteiger partial charge < -0.3 is 4.74 Å². The van der Waals surface area contributed by atoms with E-state index in [0.717, 1.165) is 16.7 Å². The molecule has 0 saturated heterocycles. The van der Waals surface area contributed by atoms with Gasteiger partial charge in [-0.3, -0.25) is 19.6 Å². The third-order valence-corrected chi connectivity index (χ3v) is 4.27. The molecule has 1 aromatic heterocycles. The van der Waals surface area contributed by atoms with Crippen molar-refractivity contribution in [3.8, 4) is 11.1 Å². The molecule has 0 amide bonds. The van der Waals surface area contributed by atoms with Crippen molar-refractivity contribution < 1.29 is 14.5 Å². The predicted octanol–water partition coefficient (Wildman–Crippen LogP) is 3.82. The number of aryl methyl sites for hydroxylation is 1. The quantitative estimate of drug-likeness (QED) is 0.376. The molecule has 0 atom stereocenters. The lowest BCUT2D eigenvalue weighted by molar-refractivity contribution is -0.386. The molecule has 138 valence electrons. The number of hydrogen-bond donors (Lipinski definition) is 0. The second kappa shape index (κ2) is 7.82. The number of nitrogens with zero attached hydrogens (tertiary/aromatic N) is 3. The van der Waals surface area contributed by atoms with Crippen LogP contribution in [0.15, 0.2) is 54.6 Å². The Kier molecular flexibility index (Phi) is 5.30. The first-order valence-electron chi connectivity index (χ1n) is 8.44. The third kappa shape index (κ3) is 4.20. The van der Waals surface area contributed by atoms with Crippen molar-refractivity contribution in [3.63, 3.8) is 0 Å². The van der Waals surface area contributed by atoms with E-state index in [-0.39, 0.29) is 24.5 Å². The summed E-state index contributed by atoms with van der Waals surface area (Å²) in [5.74, 6) is -0.498. The molecule has 27 heavy (non-hydrogen) atoms. The van der Waals surface area contributed by atoms with Crippen LogP contribution in [-0.2, 0) is 22.7 Å². The van der Waals surface area contributed by atoms with Gasteiger partial charge in [0.05, 0.1) is 4.92 Å². The van der Waals surface area contributed by atoms with Crippen LogP contribution in [0, 0.1) is 24.0 Å². The van der Waals surface area contributed by atoms with Crippen molar-refractivity contribution in [1.82, 2.24) is 9.78 Å². The summed E-state index contributed by atoms with van der Waals surface area (Å²) in [5.41, 5.74) is 3.61. The van der Waals surface area contributed by atoms with Crippen LogP contribution < -0.4 is 0 Å². The van der Waals surface area contributed by atoms with Gasteiger partial charge in [0.1, 0.15) is 24.5 Å². The highest BCUT2D eigenvalue weighted by atomic mass is 16.6. The van der Waals surface area contributed by atoms with E-state index in [2.05, 4.69) is 5.10 Å². The summed E-state index contributed by atoms with van der Waals surface area (Å²) in [6, 6.07) is 17.8. The van der Waals surface area contributed by atoms with Crippen molar-refractivity contribution in [2.24, 2.45) is 0 Å². The summed E-state index contributed by atoms with van der Waals surface area (Å²) in [4.78, 5) is 22.6. The Labute approximate surface area is 156 Å². The van der Waals surface area contributed by atoms with Gasteiger partial charge in [-0.2, -0.15) is 5.10 Å². The summed E-state index contributed by atoms with van der Waals surface area (Å²) in [7, 11) is 0. The van der Waals surface area contributed by atoms with Crippen LogP contribution in [0.5, 0.6) is 0 Å². The fraction of sp³-hybridized carbons (Fsp3) is 0.200. The molecule has 0 radical (unpaired) electrons. The molecule has 0 spiro atoms. The molecule has 0 fully saturated rings. The topological polar surface area (TPSA) is 87.3 Å². The van der Waals surface area contributed by atoms with Crippen LogP contribution in [0.25, 0.3) is 11.1 Å². The summed E-state index contributed by atoms with van der Waals surface area (Å²) in [6.45, 7) is 3.08. The maximum Gasteiger partial charge on any atom is 0.328 e. The maximum atomic E-state index is 12.1. The number of ether oxygens (including phenoxy) is 1. The van der Waals surface area contributed by atoms with E-state index in [0.29, 0.717) is 5.69 Å². The Bertz CT molecular complexity index is 963. The average Bonchev–Trinajstić information content (AvgIpc) is 2.94. The minimum absolute atomic E-state index is 0.0701. The predicted molar refractivity (Wildman–Crippen MR) is 100 cm³/mol. The molecule has 0 bridgehead atoms. The van der Waals surface area contributed by atoms with Crippen LogP contribution in [-0.4, -0.2) is 20.7 Å². The van der Waals surface area contributed by atoms with Crippen molar-refractivity contribution in [2.45, 2.75) is 27.0 Å². The van der Waals surface area contributed by atoms with E-state index in [9.17, 15) is 14.9 Å². The SMILES string of the molecule is Cc1nn(CC(=O)OCc2ccc(-c3ccccc3)cc2)c(C)c1[N+](=O)[O-]. The Morgan fingerprint density at radius 2 is 1.70 bits per heavy atom. The molecule has 0 N–H and O–H groups in total. The normalized spacial score (nSPS) is 10.6. The lowest BCUT2D eigenvalue weighted by atomic mass is 10.0. The minimum atomic E-state index is -0.498. The van der Waals surface area contributed by atoms with Crippen molar-refractivity contribution in [1.29, 1.82) is 0 Å². The fourth-order valence-electron chi connectivity index (χ4n) is 2.86. The zero-order valence-corrected chi connectivity index (χ0v) is 15.1. The van der Waals surface area contributed by atoms with E-state index < -0.39 is 10.9 Å². The van der Waals surface area contributed by atoms with Crippen LogP contribution >= 0.6 is 0 Å². The molecule has 7 heteroatoms. The smallest absolute Gasteiger partial charge is 0.328 e. The summed E-state index contributed by atoms with van der Waals surface area (Å²) >= 11 is 0. The van der Waals surface area contributed by atoms with Gasteiger partial charge >= 0.3 is 11.7 Å². The molecule has 0 aliphatic rings. The zero-order chi connectivity index (χ0) is 19.4. The number of carbonyl (C=O) groups excluding carboxylic acids is 1. The molecule has 7 nitrogen and oxygen atoms in total. The Balaban J connectivity index is 1.60. The van der Waals surface area contributed by atoms with E-state index in [1.165, 1.54) is 4.68 Å². The monoisotopic (exact) mass is 365 g/mol. The highest BCUT2D eigenvalue weighted by Gasteiger charge is 2.23. The minimum Gasteiger partial charge on any atom is -0.459 e. The van der Waals surface area contributed by atoms with Crippen LogP contribution in [0.2, 0.25) is 0 Å². The van der Waals surface area contributed by atoms with E-state index >= 15 is 0 Å². The second-order valence-corrected chi connectivity index (χ2v) is 6.16. The van der Waals surface area contributed by atoms with Crippen LogP contribution in [0.3, 0.4) is 0 Å². The first kappa shape index (κ1) is 18.3. The zero-order valence-electron chi connectivity index (χ0n) is 15.1. The van der Waals surface area contributed by atoms with Gasteiger partial charge in [0.15, 0.2) is 0 Å². The molecule has 0 saturated carbocycles. The van der Waals surface area contributed by atoms with Gasteiger partial charge in [-0.05, 0) is 30.5 Å². The van der Waals surface area contributed by atoms with Crippen LogP contribution in [0.1, 0.15) is 17.0 Å². The van der Waals surface area contributed by atoms with E-state index in [4.69, 9.17) is 4.74 Å². The first-order valence-corrected chi connectivity index (χ1v) is 8.44. The van der Waals surface area contributed by atoms with E-state index in [1.807, 2.05) is 54.6 Å². The van der Waals surface area contributed by atoms with Crippen LogP contribution in [0.4, 0.5) is 5.69 Å². The van der Waals surface area contributed by atoms with Gasteiger partial charge in [0.2, 0.25) is 0 Å². The molecule has 0 aliphatic heterocycles. The molecule has 3 aromatic rings. The molecular formula is C20H19N3O4. The maximum absolute atomic E-state index is 12.1. The van der Waals surface area contributed by atoms with Gasteiger partial charge in [0.25, 0.3) is 0 Å². The number of nitro groups is 1. The summed E-state index contributed by atoms with van der Waals surface area (Å²) in [5, 5.41) is 15.1. The van der Waals surface area contributed by atoms with E-state index in [1.54, 1.807) is 13.8 Å². The van der Waals surface area contributed by atoms with Crippen molar-refractivity contribution >= 4 is 11.7 Å². The number of aromatic nitrogens is 2. The van der Waals surface area contributed by atoms with Gasteiger partial charge in [-0.25, -0.2) is 0 Å². The lowest BCUT2D eigenvalue weighted by Gasteiger charge is -2.07. The average molecular weight is 365 g/mol. The van der Waals surface area contributed by atoms with Crippen molar-refractivity contribution in [2.75, 3.05) is 0 Å². The van der Waals surface area contributed by atoms with Crippen molar-refractivity contribution in [3.05, 3.63) is 81.7 Å². The molecular weight excluding hydrogens is 346 g/mol. The number of esters is 1. The first-order chi connectivity index (χ1) is 13.0. The Morgan fingerprint density at radius 3 is 2.30 bits per heavy atom. The lowest BCUT2D eigenvalue weighted by Crippen LogP contribution is -2.15. The molecule has 0 unspecified atom stereocenters. The second-order valence-electron chi connectivity index (χ2n) is 6.16. The molecule has 2 aromatic carbocycles. The number of carbonyl (C=O) groups is 1. The molecule has 3 rings (SSSR count). The Hall–Kier alpha value is -3.48. The van der Waals surface area contributed by atoms with Gasteiger partial charge in [0, 0.05) is 0 Å². The summed E-state index contributed by atoms with van der Waals surface area (Å²) < 4.78 is 6.57. The third-order valence-electron chi connectivity index (χ3n) is 4.27. The molecule has 0 aliphatic carbocycles. The number of hydrogen-bond acceptors (Lipinski definition) is 5. The number of rotatable bonds is 6. The number of benzene rings is 2.